The molecule has 23 heavy (non-hydrogen) atoms. The number of carbonyl (C=O) groups excluding carboxylic acids is 1. The number of benzene rings is 1. The quantitative estimate of drug-likeness (QED) is 0.796. The first-order valence-electron chi connectivity index (χ1n) is 8.02. The summed E-state index contributed by atoms with van der Waals surface area (Å²) in [5.41, 5.74) is 2.15. The number of hydrogen-bond acceptors (Lipinski definition) is 4. The molecular weight excluding hydrogens is 314 g/mol. The van der Waals surface area contributed by atoms with Gasteiger partial charge in [0.15, 0.2) is 9.84 Å². The van der Waals surface area contributed by atoms with Crippen molar-refractivity contribution < 1.29 is 17.9 Å². The Labute approximate surface area is 138 Å². The molecule has 0 N–H and O–H groups in total. The molecule has 6 heteroatoms. The van der Waals surface area contributed by atoms with Crippen LogP contribution >= 0.6 is 0 Å². The van der Waals surface area contributed by atoms with Crippen molar-refractivity contribution in [1.29, 1.82) is 0 Å². The molecule has 1 aromatic carbocycles. The van der Waals surface area contributed by atoms with Crippen molar-refractivity contribution in [2.75, 3.05) is 24.7 Å². The fraction of sp³-hybridized carbons (Fsp3) is 0.588. The molecule has 0 saturated carbocycles. The summed E-state index contributed by atoms with van der Waals surface area (Å²) in [6.07, 6.45) is 0.803. The van der Waals surface area contributed by atoms with Crippen LogP contribution in [0.5, 0.6) is 5.75 Å². The van der Waals surface area contributed by atoms with E-state index in [1.54, 1.807) is 4.90 Å². The molecule has 1 heterocycles. The maximum absolute atomic E-state index is 12.4. The monoisotopic (exact) mass is 339 g/mol. The van der Waals surface area contributed by atoms with Crippen LogP contribution in [0.15, 0.2) is 18.2 Å². The van der Waals surface area contributed by atoms with Gasteiger partial charge >= 0.3 is 0 Å². The summed E-state index contributed by atoms with van der Waals surface area (Å²) in [6, 6.07) is 5.79. The van der Waals surface area contributed by atoms with Gasteiger partial charge in [0.05, 0.1) is 24.5 Å². The zero-order valence-corrected chi connectivity index (χ0v) is 14.9. The van der Waals surface area contributed by atoms with Gasteiger partial charge in [0.2, 0.25) is 5.91 Å². The predicted octanol–water partition coefficient (Wildman–Crippen LogP) is 2.11. The van der Waals surface area contributed by atoms with Gasteiger partial charge in [-0.2, -0.15) is 0 Å². The Balaban J connectivity index is 1.89. The standard InChI is InChI=1S/C17H25NO4S/c1-4-18(15-8-10-23(20,21)12-15)17(19)7-9-22-16-11-13(2)5-6-14(16)3/h5-6,11,15H,4,7-10,12H2,1-3H3. The van der Waals surface area contributed by atoms with Crippen molar-refractivity contribution >= 4 is 15.7 Å². The van der Waals surface area contributed by atoms with Gasteiger partial charge in [-0.15, -0.1) is 0 Å². The first-order chi connectivity index (χ1) is 10.8. The highest BCUT2D eigenvalue weighted by Gasteiger charge is 2.33. The highest BCUT2D eigenvalue weighted by atomic mass is 32.2. The zero-order chi connectivity index (χ0) is 17.0. The number of carbonyl (C=O) groups is 1. The summed E-state index contributed by atoms with van der Waals surface area (Å²) >= 11 is 0. The van der Waals surface area contributed by atoms with Crippen LogP contribution in [-0.2, 0) is 14.6 Å². The minimum Gasteiger partial charge on any atom is -0.493 e. The molecule has 1 fully saturated rings. The molecule has 0 spiro atoms. The van der Waals surface area contributed by atoms with Gasteiger partial charge in [-0.25, -0.2) is 8.42 Å². The van der Waals surface area contributed by atoms with Crippen molar-refractivity contribution in [3.63, 3.8) is 0 Å². The van der Waals surface area contributed by atoms with Crippen molar-refractivity contribution in [2.45, 2.75) is 39.7 Å². The minimum atomic E-state index is -2.98. The molecule has 0 aromatic heterocycles. The summed E-state index contributed by atoms with van der Waals surface area (Å²) < 4.78 is 28.9. The summed E-state index contributed by atoms with van der Waals surface area (Å²) in [6.45, 7) is 6.69. The van der Waals surface area contributed by atoms with Gasteiger partial charge < -0.3 is 9.64 Å². The molecule has 1 amide bonds. The van der Waals surface area contributed by atoms with Gasteiger partial charge in [-0.1, -0.05) is 12.1 Å². The van der Waals surface area contributed by atoms with Crippen LogP contribution in [0, 0.1) is 13.8 Å². The summed E-state index contributed by atoms with van der Waals surface area (Å²) in [4.78, 5) is 14.0. The normalized spacial score (nSPS) is 19.5. The van der Waals surface area contributed by atoms with Gasteiger partial charge in [0, 0.05) is 12.6 Å². The van der Waals surface area contributed by atoms with Crippen LogP contribution in [0.1, 0.15) is 30.9 Å². The van der Waals surface area contributed by atoms with E-state index in [4.69, 9.17) is 4.74 Å². The molecule has 1 unspecified atom stereocenters. The van der Waals surface area contributed by atoms with Crippen LogP contribution in [0.4, 0.5) is 0 Å². The first-order valence-corrected chi connectivity index (χ1v) is 9.84. The number of ether oxygens (including phenoxy) is 1. The van der Waals surface area contributed by atoms with Crippen molar-refractivity contribution in [3.05, 3.63) is 29.3 Å². The van der Waals surface area contributed by atoms with E-state index >= 15 is 0 Å². The fourth-order valence-corrected chi connectivity index (χ4v) is 4.64. The Bertz CT molecular complexity index is 669. The van der Waals surface area contributed by atoms with Crippen LogP contribution in [0.25, 0.3) is 0 Å². The smallest absolute Gasteiger partial charge is 0.226 e. The summed E-state index contributed by atoms with van der Waals surface area (Å²) in [7, 11) is -2.98. The Hall–Kier alpha value is -1.56. The highest BCUT2D eigenvalue weighted by molar-refractivity contribution is 7.91. The fourth-order valence-electron chi connectivity index (χ4n) is 2.91. The second-order valence-corrected chi connectivity index (χ2v) is 8.33. The lowest BCUT2D eigenvalue weighted by Crippen LogP contribution is -2.41. The lowest BCUT2D eigenvalue weighted by Gasteiger charge is -2.27. The predicted molar refractivity (Wildman–Crippen MR) is 90.5 cm³/mol. The van der Waals surface area contributed by atoms with Crippen molar-refractivity contribution in [2.24, 2.45) is 0 Å². The number of nitrogens with zero attached hydrogens (tertiary/aromatic N) is 1. The Kier molecular flexibility index (Phi) is 5.68. The highest BCUT2D eigenvalue weighted by Crippen LogP contribution is 2.20. The molecule has 1 aliphatic rings. The van der Waals surface area contributed by atoms with Crippen LogP contribution in [-0.4, -0.2) is 49.9 Å². The SMILES string of the molecule is CCN(C(=O)CCOc1cc(C)ccc1C)C1CCS(=O)(=O)C1. The average Bonchev–Trinajstić information content (AvgIpc) is 2.83. The lowest BCUT2D eigenvalue weighted by atomic mass is 10.1. The van der Waals surface area contributed by atoms with E-state index in [1.165, 1.54) is 0 Å². The third-order valence-corrected chi connectivity index (χ3v) is 5.98. The molecule has 1 saturated heterocycles. The van der Waals surface area contributed by atoms with Crippen LogP contribution in [0.3, 0.4) is 0 Å². The van der Waals surface area contributed by atoms with E-state index in [0.717, 1.165) is 16.9 Å². The molecule has 5 nitrogen and oxygen atoms in total. The van der Waals surface area contributed by atoms with E-state index in [2.05, 4.69) is 0 Å². The average molecular weight is 339 g/mol. The van der Waals surface area contributed by atoms with E-state index < -0.39 is 9.84 Å². The number of rotatable bonds is 6. The summed E-state index contributed by atoms with van der Waals surface area (Å²) in [5.74, 6) is 1.02. The molecule has 1 atom stereocenters. The topological polar surface area (TPSA) is 63.7 Å². The van der Waals surface area contributed by atoms with E-state index in [9.17, 15) is 13.2 Å². The lowest BCUT2D eigenvalue weighted by molar-refractivity contribution is -0.133. The van der Waals surface area contributed by atoms with E-state index in [1.807, 2.05) is 39.0 Å². The Morgan fingerprint density at radius 1 is 1.35 bits per heavy atom. The molecule has 0 bridgehead atoms. The molecule has 0 radical (unpaired) electrons. The van der Waals surface area contributed by atoms with Gasteiger partial charge in [0.1, 0.15) is 5.75 Å². The van der Waals surface area contributed by atoms with E-state index in [-0.39, 0.29) is 29.9 Å². The third kappa shape index (κ3) is 4.70. The maximum Gasteiger partial charge on any atom is 0.226 e. The number of sulfone groups is 1. The molecule has 1 aromatic rings. The second-order valence-electron chi connectivity index (χ2n) is 6.10. The van der Waals surface area contributed by atoms with E-state index in [0.29, 0.717) is 19.6 Å². The zero-order valence-electron chi connectivity index (χ0n) is 14.0. The molecule has 2 rings (SSSR count). The Morgan fingerprint density at radius 3 is 2.70 bits per heavy atom. The number of hydrogen-bond donors (Lipinski definition) is 0. The van der Waals surface area contributed by atoms with Gasteiger partial charge in [0.25, 0.3) is 0 Å². The first kappa shape index (κ1) is 17.8. The molecule has 0 aliphatic carbocycles. The van der Waals surface area contributed by atoms with Gasteiger partial charge in [-0.05, 0) is 44.4 Å². The van der Waals surface area contributed by atoms with Crippen LogP contribution in [0.2, 0.25) is 0 Å². The second kappa shape index (κ2) is 7.34. The summed E-state index contributed by atoms with van der Waals surface area (Å²) in [5, 5.41) is 0. The van der Waals surface area contributed by atoms with Crippen LogP contribution < -0.4 is 4.74 Å². The Morgan fingerprint density at radius 2 is 2.09 bits per heavy atom. The molecular formula is C17H25NO4S. The van der Waals surface area contributed by atoms with Crippen molar-refractivity contribution in [1.82, 2.24) is 4.90 Å². The van der Waals surface area contributed by atoms with Crippen molar-refractivity contribution in [3.8, 4) is 5.75 Å². The maximum atomic E-state index is 12.4. The molecule has 1 aliphatic heterocycles. The number of amides is 1. The molecule has 128 valence electrons. The van der Waals surface area contributed by atoms with Gasteiger partial charge in [-0.3, -0.25) is 4.79 Å². The number of aryl methyl sites for hydroxylation is 2. The minimum absolute atomic E-state index is 0.0418. The third-order valence-electron chi connectivity index (χ3n) is 4.23. The largest absolute Gasteiger partial charge is 0.493 e.